The minimum atomic E-state index is -0.586. The molecule has 164 valence electrons. The highest BCUT2D eigenvalue weighted by molar-refractivity contribution is 7.14. The molecular formula is C20H29N5O4S. The predicted octanol–water partition coefficient (Wildman–Crippen LogP) is 2.54. The molecule has 0 unspecified atom stereocenters. The zero-order valence-corrected chi connectivity index (χ0v) is 18.7. The third kappa shape index (κ3) is 5.83. The molecule has 9 nitrogen and oxygen atoms in total. The van der Waals surface area contributed by atoms with Gasteiger partial charge < -0.3 is 20.9 Å². The number of aromatic hydroxyl groups is 1. The highest BCUT2D eigenvalue weighted by atomic mass is 32.1. The largest absolute Gasteiger partial charge is 0.507 e. The van der Waals surface area contributed by atoms with Crippen LogP contribution in [-0.2, 0) is 0 Å². The van der Waals surface area contributed by atoms with Gasteiger partial charge in [0.05, 0.1) is 18.4 Å². The van der Waals surface area contributed by atoms with Crippen molar-refractivity contribution in [1.82, 2.24) is 15.2 Å². The highest BCUT2D eigenvalue weighted by Gasteiger charge is 2.18. The van der Waals surface area contributed by atoms with E-state index < -0.39 is 5.91 Å². The molecule has 2 rings (SSSR count). The Morgan fingerprint density at radius 2 is 1.90 bits per heavy atom. The van der Waals surface area contributed by atoms with Crippen LogP contribution in [0.5, 0.6) is 11.5 Å². The molecule has 30 heavy (non-hydrogen) atoms. The van der Waals surface area contributed by atoms with Crippen LogP contribution in [0.4, 0.5) is 10.8 Å². The van der Waals surface area contributed by atoms with E-state index in [1.54, 1.807) is 5.38 Å². The first-order valence-corrected chi connectivity index (χ1v) is 10.5. The number of nitrogens with two attached hydrogens (primary N) is 1. The minimum Gasteiger partial charge on any atom is -0.507 e. The number of rotatable bonds is 9. The lowest BCUT2D eigenvalue weighted by molar-refractivity contribution is 0.0934. The molecule has 0 saturated heterocycles. The Labute approximate surface area is 180 Å². The Kier molecular flexibility index (Phi) is 8.01. The van der Waals surface area contributed by atoms with Crippen molar-refractivity contribution in [3.63, 3.8) is 0 Å². The van der Waals surface area contributed by atoms with E-state index in [-0.39, 0.29) is 39.5 Å². The van der Waals surface area contributed by atoms with Crippen LogP contribution in [0.25, 0.3) is 0 Å². The molecule has 0 saturated carbocycles. The molecule has 10 heteroatoms. The summed E-state index contributed by atoms with van der Waals surface area (Å²) in [5.41, 5.74) is 6.13. The Bertz CT molecular complexity index is 889. The molecule has 1 aromatic carbocycles. The van der Waals surface area contributed by atoms with Crippen LogP contribution in [0, 0.1) is 0 Å². The number of anilines is 2. The first kappa shape index (κ1) is 23.4. The third-order valence-electron chi connectivity index (χ3n) is 4.53. The molecule has 2 aromatic rings. The van der Waals surface area contributed by atoms with Crippen molar-refractivity contribution < 1.29 is 19.4 Å². The van der Waals surface area contributed by atoms with Gasteiger partial charge in [-0.1, -0.05) is 0 Å². The van der Waals surface area contributed by atoms with Crippen LogP contribution in [0.1, 0.15) is 48.5 Å². The van der Waals surface area contributed by atoms with Crippen molar-refractivity contribution in [2.75, 3.05) is 31.2 Å². The van der Waals surface area contributed by atoms with Crippen LogP contribution < -0.4 is 21.1 Å². The molecule has 0 aliphatic heterocycles. The topological polar surface area (TPSA) is 130 Å². The Morgan fingerprint density at radius 3 is 2.50 bits per heavy atom. The number of nitrogens with one attached hydrogen (secondary N) is 2. The number of nitrogen functional groups attached to an aromatic ring is 1. The van der Waals surface area contributed by atoms with E-state index in [1.165, 1.54) is 19.2 Å². The molecule has 1 aromatic heterocycles. The van der Waals surface area contributed by atoms with Crippen molar-refractivity contribution in [3.8, 4) is 11.5 Å². The van der Waals surface area contributed by atoms with Gasteiger partial charge in [-0.25, -0.2) is 4.98 Å². The van der Waals surface area contributed by atoms with Crippen LogP contribution in [-0.4, -0.2) is 59.1 Å². The van der Waals surface area contributed by atoms with Gasteiger partial charge in [-0.15, -0.1) is 11.3 Å². The molecular weight excluding hydrogens is 406 g/mol. The molecule has 2 amide bonds. The molecule has 0 spiro atoms. The number of carbonyl (C=O) groups is 2. The smallest absolute Gasteiger partial charge is 0.270 e. The first-order chi connectivity index (χ1) is 14.1. The van der Waals surface area contributed by atoms with Crippen molar-refractivity contribution >= 4 is 34.0 Å². The molecule has 0 atom stereocenters. The number of amides is 2. The molecule has 0 aliphatic carbocycles. The maximum Gasteiger partial charge on any atom is 0.270 e. The maximum atomic E-state index is 12.5. The fraction of sp³-hybridized carbons (Fsp3) is 0.450. The molecule has 0 radical (unpaired) electrons. The van der Waals surface area contributed by atoms with E-state index >= 15 is 0 Å². The minimum absolute atomic E-state index is 0.00952. The zero-order chi connectivity index (χ0) is 22.4. The lowest BCUT2D eigenvalue weighted by Gasteiger charge is -2.30. The SMILES string of the molecule is COc1cc(C(=O)Nc2nc(C(=O)NCCN(C(C)C)C(C)C)cs2)c(O)cc1N. The lowest BCUT2D eigenvalue weighted by atomic mass is 10.1. The summed E-state index contributed by atoms with van der Waals surface area (Å²) >= 11 is 1.12. The summed E-state index contributed by atoms with van der Waals surface area (Å²) in [5, 5.41) is 17.2. The van der Waals surface area contributed by atoms with Gasteiger partial charge >= 0.3 is 0 Å². The summed E-state index contributed by atoms with van der Waals surface area (Å²) < 4.78 is 5.07. The number of hydrogen-bond acceptors (Lipinski definition) is 8. The van der Waals surface area contributed by atoms with Gasteiger partial charge in [0.1, 0.15) is 17.2 Å². The average Bonchev–Trinajstić information content (AvgIpc) is 3.13. The van der Waals surface area contributed by atoms with E-state index in [0.717, 1.165) is 17.9 Å². The van der Waals surface area contributed by atoms with Gasteiger partial charge in [-0.05, 0) is 33.8 Å². The Balaban J connectivity index is 1.98. The average molecular weight is 436 g/mol. The number of phenols is 1. The summed E-state index contributed by atoms with van der Waals surface area (Å²) in [6.45, 7) is 9.69. The van der Waals surface area contributed by atoms with E-state index in [4.69, 9.17) is 10.5 Å². The second kappa shape index (κ2) is 10.3. The zero-order valence-electron chi connectivity index (χ0n) is 17.9. The summed E-state index contributed by atoms with van der Waals surface area (Å²) in [6.07, 6.45) is 0. The molecule has 1 heterocycles. The lowest BCUT2D eigenvalue weighted by Crippen LogP contribution is -2.42. The standard InChI is InChI=1S/C20H29N5O4S/c1-11(2)25(12(3)4)7-6-22-19(28)15-10-30-20(23-15)24-18(27)13-8-17(29-5)14(21)9-16(13)26/h8-12,26H,6-7,21H2,1-5H3,(H,22,28)(H,23,24,27). The number of aromatic nitrogens is 1. The van der Waals surface area contributed by atoms with Gasteiger partial charge in [0.15, 0.2) is 5.13 Å². The number of methoxy groups -OCH3 is 1. The number of hydrogen-bond donors (Lipinski definition) is 4. The predicted molar refractivity (Wildman–Crippen MR) is 118 cm³/mol. The summed E-state index contributed by atoms with van der Waals surface area (Å²) in [6, 6.07) is 3.35. The molecule has 5 N–H and O–H groups in total. The van der Waals surface area contributed by atoms with Crippen LogP contribution in [0.2, 0.25) is 0 Å². The molecule has 0 bridgehead atoms. The van der Waals surface area contributed by atoms with Crippen LogP contribution in [0.15, 0.2) is 17.5 Å². The second-order valence-corrected chi connectivity index (χ2v) is 8.14. The van der Waals surface area contributed by atoms with Gasteiger partial charge in [0, 0.05) is 36.6 Å². The maximum absolute atomic E-state index is 12.5. The fourth-order valence-electron chi connectivity index (χ4n) is 3.04. The summed E-state index contributed by atoms with van der Waals surface area (Å²) in [4.78, 5) is 31.2. The number of carbonyl (C=O) groups excluding carboxylic acids is 2. The van der Waals surface area contributed by atoms with Gasteiger partial charge in [0.25, 0.3) is 11.8 Å². The number of thiazole rings is 1. The number of nitrogens with zero attached hydrogens (tertiary/aromatic N) is 2. The Hall–Kier alpha value is -2.85. The quantitative estimate of drug-likeness (QED) is 0.445. The fourth-order valence-corrected chi connectivity index (χ4v) is 3.73. The van der Waals surface area contributed by atoms with Gasteiger partial charge in [-0.3, -0.25) is 19.8 Å². The highest BCUT2D eigenvalue weighted by Crippen LogP contribution is 2.30. The van der Waals surface area contributed by atoms with Crippen molar-refractivity contribution in [2.45, 2.75) is 39.8 Å². The summed E-state index contributed by atoms with van der Waals surface area (Å²) in [7, 11) is 1.41. The third-order valence-corrected chi connectivity index (χ3v) is 5.29. The van der Waals surface area contributed by atoms with Crippen LogP contribution >= 0.6 is 11.3 Å². The Morgan fingerprint density at radius 1 is 1.23 bits per heavy atom. The number of benzene rings is 1. The first-order valence-electron chi connectivity index (χ1n) is 9.61. The monoisotopic (exact) mass is 435 g/mol. The molecule has 0 aliphatic rings. The van der Waals surface area contributed by atoms with Crippen molar-refractivity contribution in [3.05, 3.63) is 28.8 Å². The van der Waals surface area contributed by atoms with E-state index in [2.05, 4.69) is 48.2 Å². The van der Waals surface area contributed by atoms with E-state index in [1.807, 2.05) is 0 Å². The van der Waals surface area contributed by atoms with Crippen LogP contribution in [0.3, 0.4) is 0 Å². The van der Waals surface area contributed by atoms with Crippen molar-refractivity contribution in [2.24, 2.45) is 0 Å². The molecule has 0 fully saturated rings. The van der Waals surface area contributed by atoms with E-state index in [0.29, 0.717) is 18.6 Å². The normalized spacial score (nSPS) is 11.2. The van der Waals surface area contributed by atoms with Crippen molar-refractivity contribution in [1.29, 1.82) is 0 Å². The van der Waals surface area contributed by atoms with E-state index in [9.17, 15) is 14.7 Å². The number of ether oxygens (including phenoxy) is 1. The number of phenolic OH excluding ortho intramolecular Hbond substituents is 1. The van der Waals surface area contributed by atoms with Gasteiger partial charge in [-0.2, -0.15) is 0 Å². The van der Waals surface area contributed by atoms with Gasteiger partial charge in [0.2, 0.25) is 0 Å². The summed E-state index contributed by atoms with van der Waals surface area (Å²) in [5.74, 6) is -0.901. The second-order valence-electron chi connectivity index (χ2n) is 7.28.